The number of carbonyl (C=O) groups excluding carboxylic acids is 2. The third kappa shape index (κ3) is 2.59. The van der Waals surface area contributed by atoms with Gasteiger partial charge in [0.15, 0.2) is 0 Å². The van der Waals surface area contributed by atoms with Crippen LogP contribution < -0.4 is 0 Å². The summed E-state index contributed by atoms with van der Waals surface area (Å²) in [5, 5.41) is 9.41. The highest BCUT2D eigenvalue weighted by molar-refractivity contribution is 5.87. The Morgan fingerprint density at radius 2 is 1.88 bits per heavy atom. The Labute approximate surface area is 156 Å². The second-order valence-corrected chi connectivity index (χ2v) is 9.66. The number of Topliss-reactive ketones (excluding diaryl/α,β-unsaturated/α-hetero) is 1. The van der Waals surface area contributed by atoms with Crippen LogP contribution in [-0.4, -0.2) is 29.1 Å². The number of ether oxygens (including phenoxy) is 1. The molecule has 4 rings (SSSR count). The quantitative estimate of drug-likeness (QED) is 0.601. The van der Waals surface area contributed by atoms with E-state index in [1.54, 1.807) is 0 Å². The zero-order valence-electron chi connectivity index (χ0n) is 16.3. The fraction of sp³-hybridized carbons (Fsp3) is 0.818. The molecule has 0 heterocycles. The Hall–Kier alpha value is -1.16. The molecule has 0 aromatic rings. The lowest BCUT2D eigenvalue weighted by Crippen LogP contribution is -2.50. The molecule has 144 valence electrons. The monoisotopic (exact) mass is 360 g/mol. The van der Waals surface area contributed by atoms with Crippen LogP contribution in [0.2, 0.25) is 0 Å². The van der Waals surface area contributed by atoms with Crippen molar-refractivity contribution in [1.29, 1.82) is 0 Å². The first-order valence-corrected chi connectivity index (χ1v) is 10.4. The van der Waals surface area contributed by atoms with Gasteiger partial charge in [0.25, 0.3) is 0 Å². The lowest BCUT2D eigenvalue weighted by atomic mass is 9.48. The van der Waals surface area contributed by atoms with Crippen molar-refractivity contribution in [3.63, 3.8) is 0 Å². The molecule has 0 spiro atoms. The molecular weight excluding hydrogens is 328 g/mol. The molecule has 0 aliphatic heterocycles. The van der Waals surface area contributed by atoms with Gasteiger partial charge in [-0.2, -0.15) is 0 Å². The van der Waals surface area contributed by atoms with Gasteiger partial charge in [-0.25, -0.2) is 4.79 Å². The van der Waals surface area contributed by atoms with E-state index in [-0.39, 0.29) is 16.9 Å². The molecule has 3 fully saturated rings. The summed E-state index contributed by atoms with van der Waals surface area (Å²) >= 11 is 0. The minimum absolute atomic E-state index is 0.0765. The van der Waals surface area contributed by atoms with Crippen LogP contribution in [0.25, 0.3) is 0 Å². The minimum Gasteiger partial charge on any atom is -0.460 e. The Morgan fingerprint density at radius 3 is 2.62 bits per heavy atom. The summed E-state index contributed by atoms with van der Waals surface area (Å²) in [6.45, 7) is 6.08. The van der Waals surface area contributed by atoms with Crippen LogP contribution >= 0.6 is 0 Å². The van der Waals surface area contributed by atoms with Crippen molar-refractivity contribution in [3.05, 3.63) is 11.6 Å². The Balaban J connectivity index is 1.54. The molecule has 0 bridgehead atoms. The lowest BCUT2D eigenvalue weighted by Gasteiger charge is -2.56. The van der Waals surface area contributed by atoms with E-state index in [4.69, 9.17) is 4.74 Å². The number of aliphatic hydroxyl groups excluding tert-OH is 1. The number of carbonyl (C=O) groups is 2. The molecule has 1 N–H and O–H groups in total. The van der Waals surface area contributed by atoms with Gasteiger partial charge in [0.2, 0.25) is 0 Å². The predicted molar refractivity (Wildman–Crippen MR) is 98.3 cm³/mol. The largest absolute Gasteiger partial charge is 0.460 e. The maximum absolute atomic E-state index is 12.5. The third-order valence-electron chi connectivity index (χ3n) is 8.39. The van der Waals surface area contributed by atoms with Crippen LogP contribution in [-0.2, 0) is 14.3 Å². The van der Waals surface area contributed by atoms with Crippen LogP contribution in [0, 0.1) is 28.6 Å². The summed E-state index contributed by atoms with van der Waals surface area (Å²) in [6, 6.07) is 0. The number of aliphatic hydroxyl groups is 1. The van der Waals surface area contributed by atoms with E-state index in [1.807, 2.05) is 0 Å². The average molecular weight is 360 g/mol. The van der Waals surface area contributed by atoms with Gasteiger partial charge in [-0.3, -0.25) is 4.79 Å². The molecule has 0 aromatic carbocycles. The number of hydrogen-bond acceptors (Lipinski definition) is 4. The highest BCUT2D eigenvalue weighted by Crippen LogP contribution is 2.64. The molecule has 4 aliphatic rings. The highest BCUT2D eigenvalue weighted by Gasteiger charge is 2.58. The topological polar surface area (TPSA) is 63.6 Å². The zero-order valence-corrected chi connectivity index (χ0v) is 16.3. The highest BCUT2D eigenvalue weighted by atomic mass is 16.6. The molecule has 26 heavy (non-hydrogen) atoms. The molecule has 0 aromatic heterocycles. The summed E-state index contributed by atoms with van der Waals surface area (Å²) in [6.07, 6.45) is 9.07. The molecular formula is C22H32O4. The SMILES string of the molecule is CC(O)C(=O)O[C@H]1CC[C@@]2(C)C(=CC[C@@H]3[C@@H]2CC[C@]2(C)C(=O)CC[C@@H]32)C1. The van der Waals surface area contributed by atoms with Crippen molar-refractivity contribution in [2.24, 2.45) is 28.6 Å². The smallest absolute Gasteiger partial charge is 0.334 e. The molecule has 0 amide bonds. The van der Waals surface area contributed by atoms with Gasteiger partial charge >= 0.3 is 5.97 Å². The second kappa shape index (κ2) is 6.19. The summed E-state index contributed by atoms with van der Waals surface area (Å²) in [5.41, 5.74) is 1.55. The summed E-state index contributed by atoms with van der Waals surface area (Å²) < 4.78 is 5.51. The second-order valence-electron chi connectivity index (χ2n) is 9.66. The van der Waals surface area contributed by atoms with Gasteiger partial charge in [0.1, 0.15) is 18.0 Å². The van der Waals surface area contributed by atoms with Gasteiger partial charge in [0, 0.05) is 18.3 Å². The van der Waals surface area contributed by atoms with Crippen molar-refractivity contribution in [2.45, 2.75) is 84.3 Å². The first-order chi connectivity index (χ1) is 12.3. The molecule has 0 saturated heterocycles. The maximum Gasteiger partial charge on any atom is 0.334 e. The molecule has 0 radical (unpaired) electrons. The normalized spacial score (nSPS) is 45.8. The first-order valence-electron chi connectivity index (χ1n) is 10.4. The summed E-state index contributed by atoms with van der Waals surface area (Å²) in [4.78, 5) is 24.2. The van der Waals surface area contributed by atoms with E-state index in [0.717, 1.165) is 51.4 Å². The molecule has 7 atom stereocenters. The minimum atomic E-state index is -1.05. The standard InChI is InChI=1S/C22H32O4/c1-13(23)20(25)26-15-8-10-21(2)14(12-15)4-5-16-17-6-7-19(24)22(17,3)11-9-18(16)21/h4,13,15-18,23H,5-12H2,1-3H3/t13?,15-,16-,17-,18-,21-,22-/m0/s1. The summed E-state index contributed by atoms with van der Waals surface area (Å²) in [7, 11) is 0. The van der Waals surface area contributed by atoms with Gasteiger partial charge in [-0.1, -0.05) is 25.5 Å². The van der Waals surface area contributed by atoms with E-state index in [2.05, 4.69) is 19.9 Å². The van der Waals surface area contributed by atoms with Crippen LogP contribution in [0.4, 0.5) is 0 Å². The number of fused-ring (bicyclic) bond motifs is 5. The molecule has 1 unspecified atom stereocenters. The Morgan fingerprint density at radius 1 is 1.19 bits per heavy atom. The Kier molecular flexibility index (Phi) is 4.33. The lowest BCUT2D eigenvalue weighted by molar-refractivity contribution is -0.160. The predicted octanol–water partition coefficient (Wildman–Crippen LogP) is 3.81. The van der Waals surface area contributed by atoms with Gasteiger partial charge < -0.3 is 9.84 Å². The molecule has 4 aliphatic carbocycles. The van der Waals surface area contributed by atoms with Crippen LogP contribution in [0.1, 0.15) is 72.1 Å². The van der Waals surface area contributed by atoms with Gasteiger partial charge in [-0.15, -0.1) is 0 Å². The van der Waals surface area contributed by atoms with E-state index in [1.165, 1.54) is 12.5 Å². The van der Waals surface area contributed by atoms with Crippen LogP contribution in [0.5, 0.6) is 0 Å². The van der Waals surface area contributed by atoms with Crippen molar-refractivity contribution in [1.82, 2.24) is 0 Å². The first kappa shape index (κ1) is 18.2. The van der Waals surface area contributed by atoms with Crippen molar-refractivity contribution in [2.75, 3.05) is 0 Å². The van der Waals surface area contributed by atoms with E-state index < -0.39 is 12.1 Å². The average Bonchev–Trinajstić information content (AvgIpc) is 2.90. The molecule has 3 saturated carbocycles. The van der Waals surface area contributed by atoms with Crippen molar-refractivity contribution in [3.8, 4) is 0 Å². The van der Waals surface area contributed by atoms with E-state index in [9.17, 15) is 14.7 Å². The van der Waals surface area contributed by atoms with Crippen molar-refractivity contribution >= 4 is 11.8 Å². The molecule has 4 heteroatoms. The Bertz CT molecular complexity index is 651. The fourth-order valence-corrected chi connectivity index (χ4v) is 6.76. The van der Waals surface area contributed by atoms with E-state index >= 15 is 0 Å². The number of rotatable bonds is 2. The van der Waals surface area contributed by atoms with Crippen molar-refractivity contribution < 1.29 is 19.4 Å². The number of allylic oxidation sites excluding steroid dienone is 1. The third-order valence-corrected chi connectivity index (χ3v) is 8.39. The van der Waals surface area contributed by atoms with Crippen LogP contribution in [0.15, 0.2) is 11.6 Å². The number of esters is 1. The van der Waals surface area contributed by atoms with Gasteiger partial charge in [0.05, 0.1) is 0 Å². The van der Waals surface area contributed by atoms with Gasteiger partial charge in [-0.05, 0) is 68.6 Å². The van der Waals surface area contributed by atoms with E-state index in [0.29, 0.717) is 23.5 Å². The molecule has 4 nitrogen and oxygen atoms in total. The number of ketones is 1. The zero-order chi connectivity index (χ0) is 18.7. The van der Waals surface area contributed by atoms with Crippen LogP contribution in [0.3, 0.4) is 0 Å². The maximum atomic E-state index is 12.5. The number of hydrogen-bond donors (Lipinski definition) is 1. The summed E-state index contributed by atoms with van der Waals surface area (Å²) in [5.74, 6) is 1.82. The fourth-order valence-electron chi connectivity index (χ4n) is 6.76.